The summed E-state index contributed by atoms with van der Waals surface area (Å²) in [4.78, 5) is -0.359. The molecule has 0 atom stereocenters. The van der Waals surface area contributed by atoms with Crippen molar-refractivity contribution in [3.8, 4) is 0 Å². The number of hydrogen-bond acceptors (Lipinski definition) is 4. The molecule has 0 amide bonds. The van der Waals surface area contributed by atoms with Gasteiger partial charge in [0.15, 0.2) is 0 Å². The molecule has 1 aromatic rings. The minimum absolute atomic E-state index is 0.117. The van der Waals surface area contributed by atoms with Crippen molar-refractivity contribution in [2.75, 3.05) is 6.54 Å². The molecule has 0 unspecified atom stereocenters. The predicted octanol–water partition coefficient (Wildman–Crippen LogP) is 1.31. The first kappa shape index (κ1) is 17.8. The van der Waals surface area contributed by atoms with Crippen molar-refractivity contribution in [3.05, 3.63) is 36.9 Å². The van der Waals surface area contributed by atoms with Gasteiger partial charge in [0, 0.05) is 12.1 Å². The fraction of sp³-hybridized carbons (Fsp3) is 0.385. The summed E-state index contributed by atoms with van der Waals surface area (Å²) >= 11 is 0. The molecule has 0 spiro atoms. The first-order valence-corrected chi connectivity index (χ1v) is 9.16. The topological polar surface area (TPSA) is 97.5 Å². The van der Waals surface area contributed by atoms with Crippen LogP contribution in [0.25, 0.3) is 0 Å². The molecule has 0 aromatic heterocycles. The lowest BCUT2D eigenvalue weighted by Crippen LogP contribution is -2.45. The number of benzene rings is 1. The Labute approximate surface area is 126 Å². The third-order valence-corrected chi connectivity index (χ3v) is 5.80. The van der Waals surface area contributed by atoms with Crippen molar-refractivity contribution in [2.24, 2.45) is 5.14 Å². The van der Waals surface area contributed by atoms with Crippen LogP contribution < -0.4 is 5.14 Å². The Balaban J connectivity index is 3.46. The van der Waals surface area contributed by atoms with E-state index in [9.17, 15) is 16.8 Å². The molecule has 0 aliphatic carbocycles. The van der Waals surface area contributed by atoms with Crippen molar-refractivity contribution in [1.82, 2.24) is 4.31 Å². The van der Waals surface area contributed by atoms with Crippen LogP contribution in [0.4, 0.5) is 0 Å². The molecule has 0 aliphatic rings. The van der Waals surface area contributed by atoms with Crippen LogP contribution in [0, 0.1) is 0 Å². The van der Waals surface area contributed by atoms with Crippen LogP contribution in [-0.4, -0.2) is 33.2 Å². The summed E-state index contributed by atoms with van der Waals surface area (Å²) in [6.45, 7) is 8.92. The summed E-state index contributed by atoms with van der Waals surface area (Å²) in [5.74, 6) is 0. The lowest BCUT2D eigenvalue weighted by molar-refractivity contribution is 0.270. The van der Waals surface area contributed by atoms with E-state index in [0.717, 1.165) is 6.07 Å². The fourth-order valence-electron chi connectivity index (χ4n) is 1.79. The summed E-state index contributed by atoms with van der Waals surface area (Å²) < 4.78 is 49.3. The van der Waals surface area contributed by atoms with Gasteiger partial charge in [-0.25, -0.2) is 22.0 Å². The van der Waals surface area contributed by atoms with Gasteiger partial charge < -0.3 is 0 Å². The maximum absolute atomic E-state index is 12.7. The second kappa shape index (κ2) is 5.88. The van der Waals surface area contributed by atoms with Gasteiger partial charge in [0.1, 0.15) is 0 Å². The van der Waals surface area contributed by atoms with Crippen molar-refractivity contribution in [1.29, 1.82) is 0 Å². The summed E-state index contributed by atoms with van der Waals surface area (Å²) in [5, 5.41) is 5.04. The van der Waals surface area contributed by atoms with Crippen molar-refractivity contribution in [3.63, 3.8) is 0 Å². The van der Waals surface area contributed by atoms with E-state index in [1.807, 2.05) is 0 Å². The van der Waals surface area contributed by atoms with Gasteiger partial charge in [-0.05, 0) is 39.0 Å². The van der Waals surface area contributed by atoms with Crippen LogP contribution >= 0.6 is 0 Å². The Bertz CT molecular complexity index is 732. The number of primary sulfonamides is 1. The molecule has 0 saturated heterocycles. The Hall–Kier alpha value is -1.22. The highest BCUT2D eigenvalue weighted by Gasteiger charge is 2.33. The molecule has 1 rings (SSSR count). The lowest BCUT2D eigenvalue weighted by Gasteiger charge is -2.33. The minimum atomic E-state index is -3.96. The fourth-order valence-corrected chi connectivity index (χ4v) is 4.23. The summed E-state index contributed by atoms with van der Waals surface area (Å²) in [7, 11) is -7.82. The molecule has 0 aliphatic heterocycles. The molecule has 2 N–H and O–H groups in total. The van der Waals surface area contributed by atoms with E-state index in [-0.39, 0.29) is 16.3 Å². The van der Waals surface area contributed by atoms with Crippen LogP contribution in [0.5, 0.6) is 0 Å². The summed E-state index contributed by atoms with van der Waals surface area (Å²) in [5.41, 5.74) is -0.676. The average Bonchev–Trinajstić information content (AvgIpc) is 2.33. The quantitative estimate of drug-likeness (QED) is 0.822. The van der Waals surface area contributed by atoms with E-state index in [0.29, 0.717) is 0 Å². The zero-order chi connectivity index (χ0) is 16.5. The molecule has 0 radical (unpaired) electrons. The molecular formula is C13H20N2O4S2. The van der Waals surface area contributed by atoms with Gasteiger partial charge in [0.25, 0.3) is 0 Å². The summed E-state index contributed by atoms with van der Waals surface area (Å²) in [6, 6.07) is 5.00. The molecule has 8 heteroatoms. The minimum Gasteiger partial charge on any atom is -0.225 e. The van der Waals surface area contributed by atoms with Gasteiger partial charge in [-0.1, -0.05) is 12.1 Å². The van der Waals surface area contributed by atoms with E-state index >= 15 is 0 Å². The average molecular weight is 332 g/mol. The smallest absolute Gasteiger partial charge is 0.225 e. The zero-order valence-corrected chi connectivity index (χ0v) is 13.9. The molecule has 0 bridgehead atoms. The standard InChI is InChI=1S/C13H20N2O4S2/c1-5-9-15(13(2,3)4)21(18,19)12-8-6-7-11(10-12)20(14,16)17/h5-8,10H,1,9H2,2-4H3,(H2,14,16,17). The van der Waals surface area contributed by atoms with E-state index in [1.54, 1.807) is 20.8 Å². The third kappa shape index (κ3) is 4.13. The first-order chi connectivity index (χ1) is 9.40. The second-order valence-electron chi connectivity index (χ2n) is 5.52. The highest BCUT2D eigenvalue weighted by atomic mass is 32.2. The number of nitrogens with zero attached hydrogens (tertiary/aromatic N) is 1. The maximum Gasteiger partial charge on any atom is 0.243 e. The number of sulfonamides is 2. The normalized spacial score (nSPS) is 13.4. The Morgan fingerprint density at radius 3 is 2.14 bits per heavy atom. The van der Waals surface area contributed by atoms with Crippen molar-refractivity contribution in [2.45, 2.75) is 36.1 Å². The van der Waals surface area contributed by atoms with Gasteiger partial charge in [0.2, 0.25) is 20.0 Å². The molecule has 6 nitrogen and oxygen atoms in total. The predicted molar refractivity (Wildman–Crippen MR) is 81.7 cm³/mol. The van der Waals surface area contributed by atoms with Crippen LogP contribution in [0.1, 0.15) is 20.8 Å². The highest BCUT2D eigenvalue weighted by molar-refractivity contribution is 7.90. The van der Waals surface area contributed by atoms with Crippen LogP contribution in [-0.2, 0) is 20.0 Å². The Morgan fingerprint density at radius 2 is 1.71 bits per heavy atom. The molecule has 21 heavy (non-hydrogen) atoms. The number of nitrogens with two attached hydrogens (primary N) is 1. The molecule has 118 valence electrons. The van der Waals surface area contributed by atoms with Gasteiger partial charge >= 0.3 is 0 Å². The van der Waals surface area contributed by atoms with Crippen molar-refractivity contribution >= 4 is 20.0 Å². The third-order valence-electron chi connectivity index (χ3n) is 2.77. The van der Waals surface area contributed by atoms with Gasteiger partial charge in [0.05, 0.1) is 9.79 Å². The largest absolute Gasteiger partial charge is 0.243 e. The van der Waals surface area contributed by atoms with Crippen LogP contribution in [0.15, 0.2) is 46.7 Å². The summed E-state index contributed by atoms with van der Waals surface area (Å²) in [6.07, 6.45) is 1.48. The van der Waals surface area contributed by atoms with E-state index in [2.05, 4.69) is 6.58 Å². The molecule has 1 aromatic carbocycles. The highest BCUT2D eigenvalue weighted by Crippen LogP contribution is 2.25. The monoisotopic (exact) mass is 332 g/mol. The lowest BCUT2D eigenvalue weighted by atomic mass is 10.1. The molecular weight excluding hydrogens is 312 g/mol. The van der Waals surface area contributed by atoms with Crippen LogP contribution in [0.3, 0.4) is 0 Å². The van der Waals surface area contributed by atoms with Gasteiger partial charge in [-0.2, -0.15) is 4.31 Å². The second-order valence-corrected chi connectivity index (χ2v) is 8.94. The Kier molecular flexibility index (Phi) is 4.99. The number of hydrogen-bond donors (Lipinski definition) is 1. The van der Waals surface area contributed by atoms with Crippen molar-refractivity contribution < 1.29 is 16.8 Å². The van der Waals surface area contributed by atoms with E-state index in [1.165, 1.54) is 28.6 Å². The zero-order valence-electron chi connectivity index (χ0n) is 12.3. The van der Waals surface area contributed by atoms with Gasteiger partial charge in [-0.15, -0.1) is 6.58 Å². The van der Waals surface area contributed by atoms with Gasteiger partial charge in [-0.3, -0.25) is 0 Å². The van der Waals surface area contributed by atoms with E-state index in [4.69, 9.17) is 5.14 Å². The maximum atomic E-state index is 12.7. The molecule has 0 fully saturated rings. The number of rotatable bonds is 5. The van der Waals surface area contributed by atoms with E-state index < -0.39 is 25.6 Å². The molecule has 0 heterocycles. The first-order valence-electron chi connectivity index (χ1n) is 6.17. The molecule has 0 saturated carbocycles. The SMILES string of the molecule is C=CCN(C(C)(C)C)S(=O)(=O)c1cccc(S(N)(=O)=O)c1. The Morgan fingerprint density at radius 1 is 1.19 bits per heavy atom. The van der Waals surface area contributed by atoms with Crippen LogP contribution in [0.2, 0.25) is 0 Å².